The van der Waals surface area contributed by atoms with Crippen LogP contribution in [0.4, 0.5) is 0 Å². The number of carbonyl (C=O) groups excluding carboxylic acids is 1. The molecule has 0 heterocycles. The van der Waals surface area contributed by atoms with Gasteiger partial charge in [0, 0.05) is 0 Å². The van der Waals surface area contributed by atoms with Crippen molar-refractivity contribution < 1.29 is 24.2 Å². The molecule has 1 N–H and O–H groups in total. The molecule has 3 unspecified atom stereocenters. The summed E-state index contributed by atoms with van der Waals surface area (Å²) in [5.74, 6) is -2.46. The quantitative estimate of drug-likeness (QED) is 0.303. The van der Waals surface area contributed by atoms with Gasteiger partial charge in [-0.25, -0.2) is 0 Å². The molecule has 1 rings (SSSR count). The van der Waals surface area contributed by atoms with Crippen molar-refractivity contribution in [3.8, 4) is 0 Å². The largest absolute Gasteiger partial charge is 0.481 e. The van der Waals surface area contributed by atoms with Gasteiger partial charge in [-0.15, -0.1) is 6.58 Å². The van der Waals surface area contributed by atoms with E-state index in [1.54, 1.807) is 6.92 Å². The number of carboxylic acid groups (broad SMARTS) is 1. The van der Waals surface area contributed by atoms with Gasteiger partial charge in [-0.05, 0) is 40.0 Å². The molecule has 3 atom stereocenters. The maximum Gasteiger partial charge on any atom is 0.312 e. The molecule has 0 amide bonds. The Labute approximate surface area is 146 Å². The summed E-state index contributed by atoms with van der Waals surface area (Å²) < 4.78 is 10.6. The number of rotatable bonds is 8. The van der Waals surface area contributed by atoms with E-state index in [2.05, 4.69) is 13.5 Å². The number of carboxylic acids is 1. The lowest BCUT2D eigenvalue weighted by molar-refractivity contribution is -0.185. The summed E-state index contributed by atoms with van der Waals surface area (Å²) in [6, 6.07) is 0. The average molecular weight is 342 g/mol. The molecule has 0 radical (unpaired) electrons. The Hall–Kier alpha value is -1.36. The first kappa shape index (κ1) is 22.6. The van der Waals surface area contributed by atoms with Gasteiger partial charge >= 0.3 is 11.9 Å². The third-order valence-corrected chi connectivity index (χ3v) is 3.77. The van der Waals surface area contributed by atoms with Crippen molar-refractivity contribution in [3.63, 3.8) is 0 Å². The van der Waals surface area contributed by atoms with E-state index in [1.807, 2.05) is 13.8 Å². The van der Waals surface area contributed by atoms with Crippen LogP contribution in [0.5, 0.6) is 0 Å². The number of aliphatic carboxylic acids is 1. The van der Waals surface area contributed by atoms with Crippen LogP contribution in [0.3, 0.4) is 0 Å². The lowest BCUT2D eigenvalue weighted by atomic mass is 9.79. The molecule has 5 heteroatoms. The van der Waals surface area contributed by atoms with Gasteiger partial charge in [0.05, 0.1) is 18.4 Å². The molecule has 1 aliphatic carbocycles. The molecule has 140 valence electrons. The SMILES string of the molecule is C=C(C)C.CCCCCOC(C)OC(=O)C1CCCCC1C(=O)O. The molecule has 0 aromatic carbocycles. The van der Waals surface area contributed by atoms with Gasteiger partial charge in [-0.3, -0.25) is 9.59 Å². The van der Waals surface area contributed by atoms with E-state index in [-0.39, 0.29) is 0 Å². The zero-order valence-electron chi connectivity index (χ0n) is 15.7. The fraction of sp³-hybridized carbons (Fsp3) is 0.789. The zero-order valence-corrected chi connectivity index (χ0v) is 15.7. The van der Waals surface area contributed by atoms with E-state index in [4.69, 9.17) is 14.6 Å². The summed E-state index contributed by atoms with van der Waals surface area (Å²) in [6.45, 7) is 11.9. The minimum atomic E-state index is -0.900. The summed E-state index contributed by atoms with van der Waals surface area (Å²) in [7, 11) is 0. The number of carbonyl (C=O) groups is 2. The highest BCUT2D eigenvalue weighted by Gasteiger charge is 2.37. The van der Waals surface area contributed by atoms with E-state index < -0.39 is 30.1 Å². The van der Waals surface area contributed by atoms with Crippen LogP contribution in [-0.2, 0) is 19.1 Å². The summed E-state index contributed by atoms with van der Waals surface area (Å²) >= 11 is 0. The number of unbranched alkanes of at least 4 members (excludes halogenated alkanes) is 2. The van der Waals surface area contributed by atoms with Gasteiger partial charge in [0.1, 0.15) is 0 Å². The van der Waals surface area contributed by atoms with Crippen LogP contribution in [0.15, 0.2) is 12.2 Å². The molecule has 0 saturated heterocycles. The minimum absolute atomic E-state index is 0.430. The summed E-state index contributed by atoms with van der Waals surface area (Å²) in [5, 5.41) is 9.15. The molecule has 0 aromatic heterocycles. The Bertz CT molecular complexity index is 387. The lowest BCUT2D eigenvalue weighted by Crippen LogP contribution is -2.35. The van der Waals surface area contributed by atoms with Crippen LogP contribution < -0.4 is 0 Å². The molecule has 5 nitrogen and oxygen atoms in total. The number of hydrogen-bond donors (Lipinski definition) is 1. The summed E-state index contributed by atoms with van der Waals surface area (Å²) in [5.41, 5.74) is 1.17. The third-order valence-electron chi connectivity index (χ3n) is 3.77. The molecule has 24 heavy (non-hydrogen) atoms. The van der Waals surface area contributed by atoms with Crippen LogP contribution >= 0.6 is 0 Å². The number of hydrogen-bond acceptors (Lipinski definition) is 4. The maximum atomic E-state index is 12.0. The standard InChI is InChI=1S/C15H26O5.C4H8/c1-3-4-7-10-19-11(2)20-15(18)13-9-6-5-8-12(13)14(16)17;1-4(2)3/h11-13H,3-10H2,1-2H3,(H,16,17);1H2,2-3H3. The van der Waals surface area contributed by atoms with Crippen LogP contribution in [0, 0.1) is 11.8 Å². The zero-order chi connectivity index (χ0) is 18.5. The van der Waals surface area contributed by atoms with Crippen molar-refractivity contribution in [2.45, 2.75) is 78.9 Å². The Morgan fingerprint density at radius 1 is 1.17 bits per heavy atom. The Balaban J connectivity index is 0.00000118. The molecule has 1 fully saturated rings. The van der Waals surface area contributed by atoms with Crippen molar-refractivity contribution in [2.75, 3.05) is 6.61 Å². The monoisotopic (exact) mass is 342 g/mol. The second-order valence-electron chi connectivity index (χ2n) is 6.63. The third kappa shape index (κ3) is 10.4. The minimum Gasteiger partial charge on any atom is -0.481 e. The van der Waals surface area contributed by atoms with Crippen molar-refractivity contribution in [2.24, 2.45) is 11.8 Å². The normalized spacial score (nSPS) is 21.2. The molecule has 1 aliphatic rings. The average Bonchev–Trinajstić information content (AvgIpc) is 2.51. The van der Waals surface area contributed by atoms with E-state index >= 15 is 0 Å². The van der Waals surface area contributed by atoms with Gasteiger partial charge in [0.25, 0.3) is 0 Å². The number of allylic oxidation sites excluding steroid dienone is 1. The molecule has 0 bridgehead atoms. The van der Waals surface area contributed by atoms with Gasteiger partial charge < -0.3 is 14.6 Å². The van der Waals surface area contributed by atoms with Gasteiger partial charge in [0.15, 0.2) is 6.29 Å². The fourth-order valence-electron chi connectivity index (χ4n) is 2.59. The van der Waals surface area contributed by atoms with Crippen LogP contribution in [-0.4, -0.2) is 29.9 Å². The molecular weight excluding hydrogens is 308 g/mol. The highest BCUT2D eigenvalue weighted by molar-refractivity contribution is 5.81. The predicted octanol–water partition coefficient (Wildman–Crippen LogP) is 4.56. The van der Waals surface area contributed by atoms with Crippen molar-refractivity contribution in [1.29, 1.82) is 0 Å². The molecule has 1 saturated carbocycles. The Morgan fingerprint density at radius 3 is 2.21 bits per heavy atom. The van der Waals surface area contributed by atoms with E-state index in [0.29, 0.717) is 19.4 Å². The molecule has 0 aliphatic heterocycles. The van der Waals surface area contributed by atoms with Crippen molar-refractivity contribution >= 4 is 11.9 Å². The second-order valence-corrected chi connectivity index (χ2v) is 6.63. The summed E-state index contributed by atoms with van der Waals surface area (Å²) in [4.78, 5) is 23.2. The van der Waals surface area contributed by atoms with Crippen molar-refractivity contribution in [1.82, 2.24) is 0 Å². The molecular formula is C19H34O5. The highest BCUT2D eigenvalue weighted by atomic mass is 16.7. The summed E-state index contributed by atoms with van der Waals surface area (Å²) in [6.07, 6.45) is 5.44. The maximum absolute atomic E-state index is 12.0. The van der Waals surface area contributed by atoms with Crippen LogP contribution in [0.25, 0.3) is 0 Å². The van der Waals surface area contributed by atoms with E-state index in [1.165, 1.54) is 5.57 Å². The van der Waals surface area contributed by atoms with E-state index in [0.717, 1.165) is 32.1 Å². The van der Waals surface area contributed by atoms with Crippen LogP contribution in [0.2, 0.25) is 0 Å². The van der Waals surface area contributed by atoms with Crippen LogP contribution in [0.1, 0.15) is 72.6 Å². The van der Waals surface area contributed by atoms with Gasteiger partial charge in [-0.1, -0.05) is 38.2 Å². The number of esters is 1. The molecule has 0 spiro atoms. The Kier molecular flexibility index (Phi) is 12.3. The van der Waals surface area contributed by atoms with Crippen molar-refractivity contribution in [3.05, 3.63) is 12.2 Å². The molecule has 0 aromatic rings. The first-order valence-electron chi connectivity index (χ1n) is 8.96. The highest BCUT2D eigenvalue weighted by Crippen LogP contribution is 2.31. The van der Waals surface area contributed by atoms with Gasteiger partial charge in [0.2, 0.25) is 0 Å². The predicted molar refractivity (Wildman–Crippen MR) is 94.6 cm³/mol. The first-order valence-corrected chi connectivity index (χ1v) is 8.96. The second kappa shape index (κ2) is 13.0. The van der Waals surface area contributed by atoms with E-state index in [9.17, 15) is 9.59 Å². The Morgan fingerprint density at radius 2 is 1.71 bits per heavy atom. The smallest absolute Gasteiger partial charge is 0.312 e. The number of ether oxygens (including phenoxy) is 2. The van der Waals surface area contributed by atoms with Gasteiger partial charge in [-0.2, -0.15) is 0 Å². The topological polar surface area (TPSA) is 72.8 Å². The fourth-order valence-corrected chi connectivity index (χ4v) is 2.59. The lowest BCUT2D eigenvalue weighted by Gasteiger charge is -2.27. The first-order chi connectivity index (χ1) is 11.3.